The van der Waals surface area contributed by atoms with E-state index >= 15 is 0 Å². The van der Waals surface area contributed by atoms with Crippen LogP contribution in [0.1, 0.15) is 25.7 Å². The standard InChI is InChI=1S/C19H21F3N2O3/c20-14-2-1-3-15(8-14)24-12-18(27-11-16(24)25)4-6-23(7-5-18)17(26)13-9-19(21,22)10-13/h1-3,8,13H,4-7,9-12H2. The van der Waals surface area contributed by atoms with Crippen LogP contribution in [0.2, 0.25) is 0 Å². The molecule has 4 rings (SSSR count). The van der Waals surface area contributed by atoms with Crippen LogP contribution in [0.25, 0.3) is 0 Å². The van der Waals surface area contributed by atoms with E-state index in [1.54, 1.807) is 17.0 Å². The number of nitrogens with zero attached hydrogens (tertiary/aromatic N) is 2. The van der Waals surface area contributed by atoms with E-state index in [0.29, 0.717) is 38.2 Å². The number of alkyl halides is 2. The summed E-state index contributed by atoms with van der Waals surface area (Å²) in [5, 5.41) is 0. The van der Waals surface area contributed by atoms with Gasteiger partial charge in [-0.05, 0) is 31.0 Å². The second kappa shape index (κ2) is 6.51. The maximum Gasteiger partial charge on any atom is 0.253 e. The average molecular weight is 382 g/mol. The molecular formula is C19H21F3N2O3. The van der Waals surface area contributed by atoms with Crippen molar-refractivity contribution in [1.29, 1.82) is 0 Å². The number of likely N-dealkylation sites (tertiary alicyclic amines) is 1. The van der Waals surface area contributed by atoms with E-state index in [1.165, 1.54) is 17.0 Å². The van der Waals surface area contributed by atoms with Gasteiger partial charge in [0.2, 0.25) is 11.8 Å². The number of morpholine rings is 1. The topological polar surface area (TPSA) is 49.9 Å². The second-order valence-electron chi connectivity index (χ2n) is 7.72. The zero-order chi connectivity index (χ0) is 19.2. The number of rotatable bonds is 2. The quantitative estimate of drug-likeness (QED) is 0.790. The predicted molar refractivity (Wildman–Crippen MR) is 90.9 cm³/mol. The molecule has 1 spiro atoms. The van der Waals surface area contributed by atoms with Crippen LogP contribution in [0.4, 0.5) is 18.9 Å². The summed E-state index contributed by atoms with van der Waals surface area (Å²) in [6.45, 7) is 1.01. The third-order valence-electron chi connectivity index (χ3n) is 5.79. The summed E-state index contributed by atoms with van der Waals surface area (Å²) in [6.07, 6.45) is 0.291. The highest BCUT2D eigenvalue weighted by Crippen LogP contribution is 2.44. The van der Waals surface area contributed by atoms with E-state index in [0.717, 1.165) is 0 Å². The van der Waals surface area contributed by atoms with Crippen molar-refractivity contribution < 1.29 is 27.5 Å². The molecule has 1 aromatic rings. The van der Waals surface area contributed by atoms with Gasteiger partial charge in [0.1, 0.15) is 12.4 Å². The molecule has 0 radical (unpaired) electrons. The number of halogens is 3. The summed E-state index contributed by atoms with van der Waals surface area (Å²) in [4.78, 5) is 27.8. The lowest BCUT2D eigenvalue weighted by molar-refractivity contribution is -0.166. The molecule has 2 saturated heterocycles. The molecule has 3 aliphatic rings. The van der Waals surface area contributed by atoms with Crippen molar-refractivity contribution in [3.8, 4) is 0 Å². The van der Waals surface area contributed by atoms with Crippen LogP contribution in [-0.4, -0.2) is 54.5 Å². The van der Waals surface area contributed by atoms with Gasteiger partial charge < -0.3 is 14.5 Å². The Morgan fingerprint density at radius 1 is 1.19 bits per heavy atom. The van der Waals surface area contributed by atoms with Crippen molar-refractivity contribution in [2.45, 2.75) is 37.2 Å². The van der Waals surface area contributed by atoms with E-state index < -0.39 is 23.3 Å². The Bertz CT molecular complexity index is 754. The predicted octanol–water partition coefficient (Wildman–Crippen LogP) is 2.60. The van der Waals surface area contributed by atoms with Crippen LogP contribution in [0.3, 0.4) is 0 Å². The zero-order valence-electron chi connectivity index (χ0n) is 14.8. The largest absolute Gasteiger partial charge is 0.363 e. The Hall–Kier alpha value is -2.09. The molecular weight excluding hydrogens is 361 g/mol. The highest BCUT2D eigenvalue weighted by molar-refractivity contribution is 5.95. The number of carbonyl (C=O) groups is 2. The number of amides is 2. The number of anilines is 1. The zero-order valence-corrected chi connectivity index (χ0v) is 14.8. The lowest BCUT2D eigenvalue weighted by atomic mass is 9.79. The first-order valence-corrected chi connectivity index (χ1v) is 9.14. The number of hydrogen-bond acceptors (Lipinski definition) is 3. The van der Waals surface area contributed by atoms with E-state index in [2.05, 4.69) is 0 Å². The average Bonchev–Trinajstić information content (AvgIpc) is 2.62. The number of hydrogen-bond donors (Lipinski definition) is 0. The molecule has 0 atom stereocenters. The van der Waals surface area contributed by atoms with Crippen LogP contribution in [0.15, 0.2) is 24.3 Å². The summed E-state index contributed by atoms with van der Waals surface area (Å²) < 4.78 is 45.4. The summed E-state index contributed by atoms with van der Waals surface area (Å²) in [6, 6.07) is 5.86. The monoisotopic (exact) mass is 382 g/mol. The third kappa shape index (κ3) is 3.54. The Morgan fingerprint density at radius 2 is 1.89 bits per heavy atom. The number of benzene rings is 1. The Morgan fingerprint density at radius 3 is 2.52 bits per heavy atom. The molecule has 2 amide bonds. The maximum atomic E-state index is 13.5. The Labute approximate surface area is 155 Å². The minimum absolute atomic E-state index is 0.0979. The molecule has 5 nitrogen and oxygen atoms in total. The van der Waals surface area contributed by atoms with Crippen LogP contribution in [0.5, 0.6) is 0 Å². The van der Waals surface area contributed by atoms with Crippen molar-refractivity contribution in [2.75, 3.05) is 31.1 Å². The van der Waals surface area contributed by atoms with Gasteiger partial charge in [0.25, 0.3) is 5.91 Å². The molecule has 1 aromatic carbocycles. The lowest BCUT2D eigenvalue weighted by Crippen LogP contribution is -2.60. The second-order valence-corrected chi connectivity index (χ2v) is 7.72. The Kier molecular flexibility index (Phi) is 4.41. The molecule has 2 aliphatic heterocycles. The molecule has 0 unspecified atom stereocenters. The van der Waals surface area contributed by atoms with Crippen molar-refractivity contribution in [3.05, 3.63) is 30.1 Å². The molecule has 0 N–H and O–H groups in total. The normalized spacial score (nSPS) is 24.8. The fourth-order valence-electron chi connectivity index (χ4n) is 4.13. The lowest BCUT2D eigenvalue weighted by Gasteiger charge is -2.48. The molecule has 27 heavy (non-hydrogen) atoms. The van der Waals surface area contributed by atoms with Gasteiger partial charge in [0.15, 0.2) is 0 Å². The van der Waals surface area contributed by atoms with Gasteiger partial charge >= 0.3 is 0 Å². The highest BCUT2D eigenvalue weighted by Gasteiger charge is 2.51. The third-order valence-corrected chi connectivity index (χ3v) is 5.79. The summed E-state index contributed by atoms with van der Waals surface area (Å²) >= 11 is 0. The fraction of sp³-hybridized carbons (Fsp3) is 0.579. The van der Waals surface area contributed by atoms with Crippen LogP contribution >= 0.6 is 0 Å². The van der Waals surface area contributed by atoms with Crippen molar-refractivity contribution in [2.24, 2.45) is 5.92 Å². The minimum Gasteiger partial charge on any atom is -0.363 e. The Balaban J connectivity index is 1.40. The molecule has 0 bridgehead atoms. The van der Waals surface area contributed by atoms with Crippen molar-refractivity contribution in [1.82, 2.24) is 4.90 Å². The summed E-state index contributed by atoms with van der Waals surface area (Å²) in [7, 11) is 0. The van der Waals surface area contributed by atoms with Crippen LogP contribution < -0.4 is 4.90 Å². The molecule has 0 aromatic heterocycles. The molecule has 8 heteroatoms. The molecule has 146 valence electrons. The van der Waals surface area contributed by atoms with E-state index in [4.69, 9.17) is 4.74 Å². The summed E-state index contributed by atoms with van der Waals surface area (Å²) in [5.74, 6) is -4.17. The SMILES string of the molecule is O=C(C1CC(F)(F)C1)N1CCC2(CC1)CN(c1cccc(F)c1)C(=O)CO2. The fourth-order valence-corrected chi connectivity index (χ4v) is 4.13. The van der Waals surface area contributed by atoms with Gasteiger partial charge in [0, 0.05) is 37.5 Å². The van der Waals surface area contributed by atoms with Gasteiger partial charge in [-0.2, -0.15) is 0 Å². The first-order valence-electron chi connectivity index (χ1n) is 9.14. The number of piperidine rings is 1. The molecule has 1 aliphatic carbocycles. The van der Waals surface area contributed by atoms with Crippen LogP contribution in [0, 0.1) is 11.7 Å². The van der Waals surface area contributed by atoms with Gasteiger partial charge in [0.05, 0.1) is 12.1 Å². The number of ether oxygens (including phenoxy) is 1. The van der Waals surface area contributed by atoms with Crippen molar-refractivity contribution in [3.63, 3.8) is 0 Å². The first-order chi connectivity index (χ1) is 12.8. The number of carbonyl (C=O) groups excluding carboxylic acids is 2. The molecule has 1 saturated carbocycles. The molecule has 3 fully saturated rings. The van der Waals surface area contributed by atoms with Crippen LogP contribution in [-0.2, 0) is 14.3 Å². The minimum atomic E-state index is -2.71. The smallest absolute Gasteiger partial charge is 0.253 e. The van der Waals surface area contributed by atoms with Gasteiger partial charge in [-0.25, -0.2) is 13.2 Å². The van der Waals surface area contributed by atoms with E-state index in [9.17, 15) is 22.8 Å². The van der Waals surface area contributed by atoms with Gasteiger partial charge in [-0.15, -0.1) is 0 Å². The van der Waals surface area contributed by atoms with Crippen molar-refractivity contribution >= 4 is 17.5 Å². The van der Waals surface area contributed by atoms with E-state index in [1.807, 2.05) is 0 Å². The van der Waals surface area contributed by atoms with E-state index in [-0.39, 0.29) is 31.3 Å². The highest BCUT2D eigenvalue weighted by atomic mass is 19.3. The van der Waals surface area contributed by atoms with Gasteiger partial charge in [-0.1, -0.05) is 6.07 Å². The summed E-state index contributed by atoms with van der Waals surface area (Å²) in [5.41, 5.74) is -0.113. The van der Waals surface area contributed by atoms with Gasteiger partial charge in [-0.3, -0.25) is 9.59 Å². The first kappa shape index (κ1) is 18.3. The molecule has 2 heterocycles. The maximum absolute atomic E-state index is 13.5.